The highest BCUT2D eigenvalue weighted by Crippen LogP contribution is 2.40. The normalized spacial score (nSPS) is 24.7. The van der Waals surface area contributed by atoms with Crippen LogP contribution in [0.3, 0.4) is 0 Å². The molecule has 1 fully saturated rings. The summed E-state index contributed by atoms with van der Waals surface area (Å²) in [4.78, 5) is 0. The molecule has 0 aliphatic heterocycles. The molecule has 0 heterocycles. The largest absolute Gasteiger partial charge is 0.414 e. The minimum Gasteiger partial charge on any atom is -0.414 e. The molecule has 104 valence electrons. The van der Waals surface area contributed by atoms with Gasteiger partial charge in [0.15, 0.2) is 8.32 Å². The second kappa shape index (κ2) is 5.94. The first kappa shape index (κ1) is 16.0. The second-order valence-corrected chi connectivity index (χ2v) is 11.8. The lowest BCUT2D eigenvalue weighted by Crippen LogP contribution is -2.44. The Balaban J connectivity index is 2.63. The molecule has 0 radical (unpaired) electrons. The summed E-state index contributed by atoms with van der Waals surface area (Å²) in [5.41, 5.74) is 2.55. The van der Waals surface area contributed by atoms with Gasteiger partial charge in [-0.25, -0.2) is 0 Å². The topological polar surface area (TPSA) is 9.23 Å². The average Bonchev–Trinajstić information content (AvgIpc) is 2.20. The Kier molecular flexibility index (Phi) is 5.28. The van der Waals surface area contributed by atoms with E-state index in [1.54, 1.807) is 0 Å². The Hall–Kier alpha value is -0.0531. The van der Waals surface area contributed by atoms with Crippen molar-refractivity contribution in [3.63, 3.8) is 0 Å². The first-order chi connectivity index (χ1) is 8.17. The molecular weight excluding hydrogens is 260 g/mol. The van der Waals surface area contributed by atoms with Gasteiger partial charge in [-0.3, -0.25) is 0 Å². The van der Waals surface area contributed by atoms with Crippen molar-refractivity contribution in [2.75, 3.05) is 5.88 Å². The standard InChI is InChI=1S/C15H27ClOSi/c1-12-11-14(8-7-13(12)9-10-16)17-18(5,6)15(2,3)4/h9,14H,1,7-8,10-11H2,2-6H3/b13-9-/t14-/m0/s1. The minimum absolute atomic E-state index is 0.278. The lowest BCUT2D eigenvalue weighted by atomic mass is 9.89. The average molecular weight is 287 g/mol. The molecule has 1 rings (SSSR count). The van der Waals surface area contributed by atoms with Crippen molar-refractivity contribution < 1.29 is 4.43 Å². The molecular formula is C15H27ClOSi. The third-order valence-corrected chi connectivity index (χ3v) is 8.94. The molecule has 1 atom stereocenters. The van der Waals surface area contributed by atoms with Gasteiger partial charge in [-0.15, -0.1) is 11.6 Å². The molecule has 0 spiro atoms. The van der Waals surface area contributed by atoms with Gasteiger partial charge in [0, 0.05) is 12.0 Å². The lowest BCUT2D eigenvalue weighted by molar-refractivity contribution is 0.164. The van der Waals surface area contributed by atoms with Crippen LogP contribution in [0.4, 0.5) is 0 Å². The van der Waals surface area contributed by atoms with Crippen molar-refractivity contribution in [1.29, 1.82) is 0 Å². The SMILES string of the molecule is C=C1C[C@@H](O[Si](C)(C)C(C)(C)C)CC/C1=C/CCl. The lowest BCUT2D eigenvalue weighted by Gasteiger charge is -2.41. The summed E-state index contributed by atoms with van der Waals surface area (Å²) in [6, 6.07) is 0. The number of allylic oxidation sites excluding steroid dienone is 2. The van der Waals surface area contributed by atoms with Gasteiger partial charge in [-0.1, -0.05) is 33.4 Å². The maximum Gasteiger partial charge on any atom is 0.192 e. The molecule has 1 aliphatic rings. The van der Waals surface area contributed by atoms with Crippen LogP contribution in [0.2, 0.25) is 18.1 Å². The molecule has 0 bridgehead atoms. The van der Waals surface area contributed by atoms with Crippen LogP contribution >= 0.6 is 11.6 Å². The van der Waals surface area contributed by atoms with Gasteiger partial charge in [-0.2, -0.15) is 0 Å². The molecule has 0 saturated heterocycles. The Labute approximate surface area is 118 Å². The van der Waals surface area contributed by atoms with Gasteiger partial charge in [0.2, 0.25) is 0 Å². The maximum absolute atomic E-state index is 6.46. The van der Waals surface area contributed by atoms with E-state index in [9.17, 15) is 0 Å². The van der Waals surface area contributed by atoms with Crippen LogP contribution in [0.25, 0.3) is 0 Å². The second-order valence-electron chi connectivity index (χ2n) is 6.73. The summed E-state index contributed by atoms with van der Waals surface area (Å²) < 4.78 is 6.46. The number of hydrogen-bond donors (Lipinski definition) is 0. The van der Waals surface area contributed by atoms with Gasteiger partial charge < -0.3 is 4.43 Å². The predicted octanol–water partition coefficient (Wildman–Crippen LogP) is 5.28. The van der Waals surface area contributed by atoms with Crippen LogP contribution in [-0.4, -0.2) is 20.3 Å². The van der Waals surface area contributed by atoms with Crippen LogP contribution in [0.5, 0.6) is 0 Å². The quantitative estimate of drug-likeness (QED) is 0.506. The zero-order valence-electron chi connectivity index (χ0n) is 12.5. The van der Waals surface area contributed by atoms with E-state index in [1.807, 2.05) is 0 Å². The predicted molar refractivity (Wildman–Crippen MR) is 83.9 cm³/mol. The molecule has 1 aliphatic carbocycles. The van der Waals surface area contributed by atoms with Gasteiger partial charge in [0.1, 0.15) is 0 Å². The third-order valence-electron chi connectivity index (χ3n) is 4.25. The van der Waals surface area contributed by atoms with Crippen molar-refractivity contribution in [3.05, 3.63) is 23.8 Å². The van der Waals surface area contributed by atoms with Crippen molar-refractivity contribution in [2.24, 2.45) is 0 Å². The highest BCUT2D eigenvalue weighted by molar-refractivity contribution is 6.74. The van der Waals surface area contributed by atoms with Gasteiger partial charge in [0.05, 0.1) is 0 Å². The summed E-state index contributed by atoms with van der Waals surface area (Å²) >= 11 is 5.76. The number of rotatable bonds is 3. The van der Waals surface area contributed by atoms with Crippen molar-refractivity contribution in [2.45, 2.75) is 64.3 Å². The van der Waals surface area contributed by atoms with E-state index < -0.39 is 8.32 Å². The molecule has 0 unspecified atom stereocenters. The maximum atomic E-state index is 6.46. The fraction of sp³-hybridized carbons (Fsp3) is 0.733. The van der Waals surface area contributed by atoms with Crippen LogP contribution in [-0.2, 0) is 4.43 Å². The molecule has 18 heavy (non-hydrogen) atoms. The molecule has 3 heteroatoms. The Morgan fingerprint density at radius 1 is 1.44 bits per heavy atom. The highest BCUT2D eigenvalue weighted by atomic mass is 35.5. The molecule has 1 nitrogen and oxygen atoms in total. The van der Waals surface area contributed by atoms with Crippen molar-refractivity contribution >= 4 is 19.9 Å². The van der Waals surface area contributed by atoms with Crippen LogP contribution < -0.4 is 0 Å². The Bertz CT molecular complexity index is 339. The number of hydrogen-bond acceptors (Lipinski definition) is 1. The van der Waals surface area contributed by atoms with Gasteiger partial charge in [0.25, 0.3) is 0 Å². The molecule has 0 aromatic carbocycles. The van der Waals surface area contributed by atoms with Gasteiger partial charge in [-0.05, 0) is 48.5 Å². The van der Waals surface area contributed by atoms with Crippen LogP contribution in [0.1, 0.15) is 40.0 Å². The van der Waals surface area contributed by atoms with E-state index in [1.165, 1.54) is 11.1 Å². The fourth-order valence-corrected chi connectivity index (χ4v) is 3.61. The summed E-state index contributed by atoms with van der Waals surface area (Å²) in [7, 11) is -1.65. The molecule has 0 amide bonds. The van der Waals surface area contributed by atoms with E-state index in [4.69, 9.17) is 16.0 Å². The van der Waals surface area contributed by atoms with E-state index in [0.29, 0.717) is 12.0 Å². The van der Waals surface area contributed by atoms with Crippen LogP contribution in [0, 0.1) is 0 Å². The fourth-order valence-electron chi connectivity index (χ4n) is 2.03. The summed E-state index contributed by atoms with van der Waals surface area (Å²) in [6.45, 7) is 15.7. The van der Waals surface area contributed by atoms with E-state index in [2.05, 4.69) is 46.5 Å². The van der Waals surface area contributed by atoms with Crippen molar-refractivity contribution in [3.8, 4) is 0 Å². The van der Waals surface area contributed by atoms with E-state index in [-0.39, 0.29) is 5.04 Å². The number of alkyl halides is 1. The molecule has 0 aromatic rings. The summed E-state index contributed by atoms with van der Waals surface area (Å²) in [6.07, 6.45) is 5.58. The van der Waals surface area contributed by atoms with Crippen molar-refractivity contribution in [1.82, 2.24) is 0 Å². The number of halogens is 1. The minimum atomic E-state index is -1.65. The zero-order chi connectivity index (χ0) is 14.0. The Morgan fingerprint density at radius 2 is 2.06 bits per heavy atom. The third kappa shape index (κ3) is 3.97. The molecule has 0 N–H and O–H groups in total. The monoisotopic (exact) mass is 286 g/mol. The molecule has 0 aromatic heterocycles. The zero-order valence-corrected chi connectivity index (χ0v) is 14.2. The van der Waals surface area contributed by atoms with Gasteiger partial charge >= 0.3 is 0 Å². The summed E-state index contributed by atoms with van der Waals surface area (Å²) in [5, 5.41) is 0.278. The first-order valence-corrected chi connectivity index (χ1v) is 10.2. The highest BCUT2D eigenvalue weighted by Gasteiger charge is 2.39. The summed E-state index contributed by atoms with van der Waals surface area (Å²) in [5.74, 6) is 0.585. The van der Waals surface area contributed by atoms with E-state index in [0.717, 1.165) is 19.3 Å². The smallest absolute Gasteiger partial charge is 0.192 e. The Morgan fingerprint density at radius 3 is 2.50 bits per heavy atom. The van der Waals surface area contributed by atoms with Crippen LogP contribution in [0.15, 0.2) is 23.8 Å². The van der Waals surface area contributed by atoms with E-state index >= 15 is 0 Å². The first-order valence-electron chi connectivity index (χ1n) is 6.78. The molecule has 1 saturated carbocycles.